The Hall–Kier alpha value is -2.70. The molecule has 1 fully saturated rings. The van der Waals surface area contributed by atoms with Crippen molar-refractivity contribution in [3.63, 3.8) is 0 Å². The Morgan fingerprint density at radius 3 is 2.74 bits per heavy atom. The first-order valence-corrected chi connectivity index (χ1v) is 9.14. The van der Waals surface area contributed by atoms with E-state index in [1.165, 1.54) is 0 Å². The van der Waals surface area contributed by atoms with Crippen LogP contribution < -0.4 is 4.74 Å². The van der Waals surface area contributed by atoms with Crippen LogP contribution in [0, 0.1) is 6.92 Å². The van der Waals surface area contributed by atoms with Gasteiger partial charge >= 0.3 is 0 Å². The lowest BCUT2D eigenvalue weighted by atomic mass is 9.99. The number of phenols is 1. The lowest BCUT2D eigenvalue weighted by Crippen LogP contribution is -2.43. The van der Waals surface area contributed by atoms with Crippen molar-refractivity contribution in [2.45, 2.75) is 13.5 Å². The van der Waals surface area contributed by atoms with E-state index in [1.807, 2.05) is 25.1 Å². The number of phenolic OH excluding ortho intramolecular Hbond substituents is 1. The zero-order chi connectivity index (χ0) is 19.0. The normalized spacial score (nSPS) is 19.3. The highest BCUT2D eigenvalue weighted by atomic mass is 16.5. The summed E-state index contributed by atoms with van der Waals surface area (Å²) >= 11 is 0. The second-order valence-corrected chi connectivity index (χ2v) is 7.17. The summed E-state index contributed by atoms with van der Waals surface area (Å²) < 4.78 is 5.95. The number of aryl methyl sites for hydroxylation is 1. The van der Waals surface area contributed by atoms with Gasteiger partial charge in [0.15, 0.2) is 5.76 Å². The van der Waals surface area contributed by atoms with Gasteiger partial charge in [-0.05, 0) is 37.7 Å². The van der Waals surface area contributed by atoms with Gasteiger partial charge in [-0.15, -0.1) is 0 Å². The number of fused-ring (bicyclic) bond motifs is 1. The quantitative estimate of drug-likeness (QED) is 0.843. The van der Waals surface area contributed by atoms with E-state index in [0.717, 1.165) is 31.7 Å². The first-order valence-electron chi connectivity index (χ1n) is 9.14. The summed E-state index contributed by atoms with van der Waals surface area (Å²) in [6, 6.07) is 7.17. The molecule has 6 heteroatoms. The maximum Gasteiger partial charge on any atom is 0.232 e. The molecule has 2 aromatic rings. The Bertz CT molecular complexity index is 901. The summed E-state index contributed by atoms with van der Waals surface area (Å²) in [6.45, 7) is 6.20. The number of piperazine rings is 1. The number of hydrogen-bond donors (Lipinski definition) is 1. The molecule has 27 heavy (non-hydrogen) atoms. The van der Waals surface area contributed by atoms with E-state index in [1.54, 1.807) is 18.3 Å². The van der Waals surface area contributed by atoms with Crippen LogP contribution in [0.1, 0.15) is 27.2 Å². The number of ether oxygens (including phenoxy) is 1. The predicted molar refractivity (Wildman–Crippen MR) is 103 cm³/mol. The summed E-state index contributed by atoms with van der Waals surface area (Å²) in [5.41, 5.74) is 2.60. The van der Waals surface area contributed by atoms with Gasteiger partial charge in [0.25, 0.3) is 0 Å². The second-order valence-electron chi connectivity index (χ2n) is 7.17. The highest BCUT2D eigenvalue weighted by Gasteiger charge is 2.34. The Morgan fingerprint density at radius 2 is 2.04 bits per heavy atom. The van der Waals surface area contributed by atoms with Gasteiger partial charge in [0.1, 0.15) is 11.5 Å². The minimum atomic E-state index is -0.159. The summed E-state index contributed by atoms with van der Waals surface area (Å²) in [5.74, 6) is 0.750. The van der Waals surface area contributed by atoms with Gasteiger partial charge in [0.2, 0.25) is 5.78 Å². The molecular weight excluding hydrogens is 342 g/mol. The SMILES string of the molecule is Cc1cc(O)c(CN2CCN(C)CC2)c2c1C(=O)/C(=C/c1ccccn1)O2. The molecule has 0 aliphatic carbocycles. The van der Waals surface area contributed by atoms with Gasteiger partial charge in [0, 0.05) is 45.0 Å². The number of aromatic nitrogens is 1. The number of hydrogen-bond acceptors (Lipinski definition) is 6. The molecule has 140 valence electrons. The van der Waals surface area contributed by atoms with Crippen LogP contribution >= 0.6 is 0 Å². The van der Waals surface area contributed by atoms with E-state index in [0.29, 0.717) is 29.1 Å². The maximum atomic E-state index is 12.9. The van der Waals surface area contributed by atoms with Crippen LogP contribution in [0.4, 0.5) is 0 Å². The lowest BCUT2D eigenvalue weighted by Gasteiger charge is -2.32. The fraction of sp³-hybridized carbons (Fsp3) is 0.333. The Kier molecular flexibility index (Phi) is 4.68. The summed E-state index contributed by atoms with van der Waals surface area (Å²) in [7, 11) is 2.11. The average Bonchev–Trinajstić information content (AvgIpc) is 2.98. The molecule has 3 heterocycles. The molecule has 0 bridgehead atoms. The number of allylic oxidation sites excluding steroid dienone is 1. The number of carbonyl (C=O) groups is 1. The molecule has 0 spiro atoms. The van der Waals surface area contributed by atoms with Crippen molar-refractivity contribution in [2.75, 3.05) is 33.2 Å². The molecule has 2 aliphatic rings. The van der Waals surface area contributed by atoms with Crippen molar-refractivity contribution < 1.29 is 14.6 Å². The molecule has 1 saturated heterocycles. The Balaban J connectivity index is 1.67. The van der Waals surface area contributed by atoms with Gasteiger partial charge < -0.3 is 14.7 Å². The molecule has 2 aliphatic heterocycles. The third kappa shape index (κ3) is 3.46. The Labute approximate surface area is 158 Å². The van der Waals surface area contributed by atoms with Crippen LogP contribution in [0.5, 0.6) is 11.5 Å². The number of likely N-dealkylation sites (N-methyl/N-ethyl adjacent to an activating group) is 1. The minimum Gasteiger partial charge on any atom is -0.507 e. The molecule has 0 atom stereocenters. The van der Waals surface area contributed by atoms with Crippen molar-refractivity contribution in [3.05, 3.63) is 58.6 Å². The molecule has 0 amide bonds. The molecule has 1 aromatic carbocycles. The molecule has 0 radical (unpaired) electrons. The second kappa shape index (κ2) is 7.13. The summed E-state index contributed by atoms with van der Waals surface area (Å²) in [6.07, 6.45) is 3.33. The fourth-order valence-corrected chi connectivity index (χ4v) is 3.56. The topological polar surface area (TPSA) is 65.9 Å². The van der Waals surface area contributed by atoms with Gasteiger partial charge in [-0.25, -0.2) is 0 Å². The van der Waals surface area contributed by atoms with E-state index in [2.05, 4.69) is 21.8 Å². The lowest BCUT2D eigenvalue weighted by molar-refractivity contribution is 0.101. The van der Waals surface area contributed by atoms with E-state index < -0.39 is 0 Å². The predicted octanol–water partition coefficient (Wildman–Crippen LogP) is 2.46. The van der Waals surface area contributed by atoms with Gasteiger partial charge in [-0.1, -0.05) is 6.07 Å². The number of aromatic hydroxyl groups is 1. The van der Waals surface area contributed by atoms with E-state index in [4.69, 9.17) is 4.74 Å². The number of pyridine rings is 1. The van der Waals surface area contributed by atoms with Crippen LogP contribution in [0.25, 0.3) is 6.08 Å². The minimum absolute atomic E-state index is 0.159. The van der Waals surface area contributed by atoms with Crippen LogP contribution in [0.3, 0.4) is 0 Å². The first kappa shape index (κ1) is 17.7. The number of nitrogens with zero attached hydrogens (tertiary/aromatic N) is 3. The summed E-state index contributed by atoms with van der Waals surface area (Å²) in [4.78, 5) is 21.7. The van der Waals surface area contributed by atoms with Crippen LogP contribution in [0.2, 0.25) is 0 Å². The molecule has 4 rings (SSSR count). The third-order valence-electron chi connectivity index (χ3n) is 5.17. The zero-order valence-corrected chi connectivity index (χ0v) is 15.6. The summed E-state index contributed by atoms with van der Waals surface area (Å²) in [5, 5.41) is 10.5. The van der Waals surface area contributed by atoms with Crippen LogP contribution in [0.15, 0.2) is 36.2 Å². The largest absolute Gasteiger partial charge is 0.507 e. The number of rotatable bonds is 3. The van der Waals surface area contributed by atoms with Crippen molar-refractivity contribution in [2.24, 2.45) is 0 Å². The number of Topliss-reactive ketones (excluding diaryl/α,β-unsaturated/α-hetero) is 1. The van der Waals surface area contributed by atoms with E-state index in [-0.39, 0.29) is 17.3 Å². The highest BCUT2D eigenvalue weighted by Crippen LogP contribution is 2.42. The third-order valence-corrected chi connectivity index (χ3v) is 5.17. The van der Waals surface area contributed by atoms with Crippen LogP contribution in [-0.2, 0) is 6.54 Å². The standard InChI is InChI=1S/C21H23N3O3/c1-14-11-17(25)16(13-24-9-7-23(2)8-10-24)21-19(14)20(26)18(27-21)12-15-5-3-4-6-22-15/h3-6,11-12,25H,7-10,13H2,1-2H3/b18-12-. The van der Waals surface area contributed by atoms with Crippen LogP contribution in [-0.4, -0.2) is 58.9 Å². The monoisotopic (exact) mass is 365 g/mol. The van der Waals surface area contributed by atoms with Crippen molar-refractivity contribution in [3.8, 4) is 11.5 Å². The van der Waals surface area contributed by atoms with Gasteiger partial charge in [-0.3, -0.25) is 14.7 Å². The van der Waals surface area contributed by atoms with Crippen molar-refractivity contribution in [1.82, 2.24) is 14.8 Å². The average molecular weight is 365 g/mol. The molecule has 0 unspecified atom stereocenters. The Morgan fingerprint density at radius 1 is 1.26 bits per heavy atom. The number of carbonyl (C=O) groups excluding carboxylic acids is 1. The van der Waals surface area contributed by atoms with E-state index in [9.17, 15) is 9.90 Å². The van der Waals surface area contributed by atoms with Gasteiger partial charge in [-0.2, -0.15) is 0 Å². The maximum absolute atomic E-state index is 12.9. The molecule has 0 saturated carbocycles. The van der Waals surface area contributed by atoms with Gasteiger partial charge in [0.05, 0.1) is 16.8 Å². The molecular formula is C21H23N3O3. The van der Waals surface area contributed by atoms with Crippen molar-refractivity contribution in [1.29, 1.82) is 0 Å². The van der Waals surface area contributed by atoms with E-state index >= 15 is 0 Å². The molecule has 1 aromatic heterocycles. The number of benzene rings is 1. The first-order chi connectivity index (χ1) is 13.0. The van der Waals surface area contributed by atoms with Crippen molar-refractivity contribution >= 4 is 11.9 Å². The molecule has 1 N–H and O–H groups in total. The number of ketones is 1. The smallest absolute Gasteiger partial charge is 0.232 e. The molecule has 6 nitrogen and oxygen atoms in total. The fourth-order valence-electron chi connectivity index (χ4n) is 3.56. The highest BCUT2D eigenvalue weighted by molar-refractivity contribution is 6.15. The zero-order valence-electron chi connectivity index (χ0n) is 15.6.